The maximum absolute atomic E-state index is 10.8. The van der Waals surface area contributed by atoms with Gasteiger partial charge in [-0.2, -0.15) is 5.10 Å². The highest BCUT2D eigenvalue weighted by Gasteiger charge is 2.24. The number of hydrogen-bond donors (Lipinski definition) is 0. The summed E-state index contributed by atoms with van der Waals surface area (Å²) in [6.07, 6.45) is 0.823. The zero-order valence-corrected chi connectivity index (χ0v) is 10.0. The van der Waals surface area contributed by atoms with Crippen LogP contribution in [0.1, 0.15) is 24.7 Å². The highest BCUT2D eigenvalue weighted by molar-refractivity contribution is 5.85. The molecule has 0 saturated carbocycles. The van der Waals surface area contributed by atoms with Crippen LogP contribution in [0.5, 0.6) is 0 Å². The molecule has 2 heterocycles. The predicted molar refractivity (Wildman–Crippen MR) is 61.0 cm³/mol. The third-order valence-corrected chi connectivity index (χ3v) is 2.74. The van der Waals surface area contributed by atoms with Crippen molar-refractivity contribution in [2.24, 2.45) is 5.16 Å². The molecule has 0 amide bonds. The Bertz CT molecular complexity index is 492. The Morgan fingerprint density at radius 3 is 2.76 bits per heavy atom. The molecule has 1 aromatic rings. The van der Waals surface area contributed by atoms with Crippen LogP contribution < -0.4 is 0 Å². The maximum atomic E-state index is 10.8. The van der Waals surface area contributed by atoms with Crippen LogP contribution >= 0.6 is 0 Å². The zero-order valence-electron chi connectivity index (χ0n) is 10.0. The highest BCUT2D eigenvalue weighted by atomic mass is 16.6. The number of oxime groups is 1. The Kier molecular flexibility index (Phi) is 2.83. The summed E-state index contributed by atoms with van der Waals surface area (Å²) in [4.78, 5) is 15.5. The van der Waals surface area contributed by atoms with Gasteiger partial charge in [-0.25, -0.2) is 0 Å². The summed E-state index contributed by atoms with van der Waals surface area (Å²) in [7, 11) is 0. The molecule has 1 unspecified atom stereocenters. The molecule has 0 radical (unpaired) electrons. The van der Waals surface area contributed by atoms with Crippen LogP contribution in [0.25, 0.3) is 0 Å². The third kappa shape index (κ3) is 2.13. The van der Waals surface area contributed by atoms with Gasteiger partial charge in [0, 0.05) is 6.42 Å². The molecule has 92 valence electrons. The van der Waals surface area contributed by atoms with Gasteiger partial charge in [0.2, 0.25) is 0 Å². The molecule has 1 aromatic heterocycles. The molecule has 0 fully saturated rings. The van der Waals surface area contributed by atoms with Crippen molar-refractivity contribution < 1.29 is 9.76 Å². The van der Waals surface area contributed by atoms with E-state index >= 15 is 0 Å². The summed E-state index contributed by atoms with van der Waals surface area (Å²) in [5, 5.41) is 18.9. The van der Waals surface area contributed by atoms with Crippen molar-refractivity contribution in [1.82, 2.24) is 9.78 Å². The van der Waals surface area contributed by atoms with Crippen molar-refractivity contribution in [3.63, 3.8) is 0 Å². The second-order valence-corrected chi connectivity index (χ2v) is 4.21. The minimum Gasteiger partial charge on any atom is -0.392 e. The summed E-state index contributed by atoms with van der Waals surface area (Å²) in [6.45, 7) is 5.71. The van der Waals surface area contributed by atoms with Gasteiger partial charge in [-0.1, -0.05) is 5.16 Å². The minimum absolute atomic E-state index is 0.0805. The lowest BCUT2D eigenvalue weighted by Gasteiger charge is -2.01. The van der Waals surface area contributed by atoms with Crippen molar-refractivity contribution in [3.05, 3.63) is 21.5 Å². The normalized spacial score (nSPS) is 19.0. The van der Waals surface area contributed by atoms with Gasteiger partial charge in [0.05, 0.1) is 17.2 Å². The van der Waals surface area contributed by atoms with Gasteiger partial charge in [0.15, 0.2) is 0 Å². The van der Waals surface area contributed by atoms with E-state index in [9.17, 15) is 10.1 Å². The van der Waals surface area contributed by atoms with Crippen molar-refractivity contribution in [2.75, 3.05) is 0 Å². The summed E-state index contributed by atoms with van der Waals surface area (Å²) in [5.74, 6) is 0. The van der Waals surface area contributed by atoms with E-state index in [2.05, 4.69) is 10.3 Å². The first-order chi connectivity index (χ1) is 7.99. The average Bonchev–Trinajstić information content (AvgIpc) is 2.73. The van der Waals surface area contributed by atoms with Gasteiger partial charge in [-0.3, -0.25) is 14.8 Å². The van der Waals surface area contributed by atoms with Crippen LogP contribution in [0.3, 0.4) is 0 Å². The molecule has 0 aliphatic carbocycles. The predicted octanol–water partition coefficient (Wildman–Crippen LogP) is 1.57. The van der Waals surface area contributed by atoms with Gasteiger partial charge in [0.25, 0.3) is 0 Å². The van der Waals surface area contributed by atoms with Crippen LogP contribution in [-0.4, -0.2) is 26.5 Å². The lowest BCUT2D eigenvalue weighted by molar-refractivity contribution is -0.386. The quantitative estimate of drug-likeness (QED) is 0.591. The topological polar surface area (TPSA) is 82.5 Å². The molecule has 2 rings (SSSR count). The lowest BCUT2D eigenvalue weighted by Crippen LogP contribution is -2.13. The minimum atomic E-state index is -0.399. The Morgan fingerprint density at radius 2 is 2.29 bits per heavy atom. The molecule has 7 heteroatoms. The smallest absolute Gasteiger partial charge is 0.312 e. The van der Waals surface area contributed by atoms with E-state index in [4.69, 9.17) is 4.84 Å². The van der Waals surface area contributed by atoms with E-state index < -0.39 is 4.92 Å². The molecule has 0 spiro atoms. The fourth-order valence-electron chi connectivity index (χ4n) is 1.94. The number of rotatable bonds is 3. The number of hydrogen-bond acceptors (Lipinski definition) is 5. The second-order valence-electron chi connectivity index (χ2n) is 4.21. The number of aryl methyl sites for hydroxylation is 1. The fraction of sp³-hybridized carbons (Fsp3) is 0.600. The molecule has 0 bridgehead atoms. The zero-order chi connectivity index (χ0) is 12.6. The van der Waals surface area contributed by atoms with Crippen LogP contribution in [0, 0.1) is 24.0 Å². The van der Waals surface area contributed by atoms with Crippen molar-refractivity contribution >= 4 is 11.4 Å². The van der Waals surface area contributed by atoms with Crippen molar-refractivity contribution in [3.8, 4) is 0 Å². The fourth-order valence-corrected chi connectivity index (χ4v) is 1.94. The van der Waals surface area contributed by atoms with E-state index in [1.807, 2.05) is 6.92 Å². The lowest BCUT2D eigenvalue weighted by atomic mass is 10.2. The molecule has 1 atom stereocenters. The van der Waals surface area contributed by atoms with Gasteiger partial charge in [0.1, 0.15) is 17.5 Å². The van der Waals surface area contributed by atoms with E-state index in [1.165, 1.54) is 0 Å². The average molecular weight is 238 g/mol. The standard InChI is InChI=1S/C10H14N4O3/c1-6-4-9(12-17-6)5-13-8(3)10(14(15)16)7(2)11-13/h6H,4-5H2,1-3H3. The number of nitrogens with zero attached hydrogens (tertiary/aromatic N) is 4. The number of nitro groups is 1. The maximum Gasteiger partial charge on any atom is 0.312 e. The Morgan fingerprint density at radius 1 is 1.59 bits per heavy atom. The second kappa shape index (κ2) is 4.15. The largest absolute Gasteiger partial charge is 0.392 e. The first-order valence-electron chi connectivity index (χ1n) is 5.39. The molecule has 0 N–H and O–H groups in total. The summed E-state index contributed by atoms with van der Waals surface area (Å²) in [6, 6.07) is 0. The first-order valence-corrected chi connectivity index (χ1v) is 5.39. The SMILES string of the molecule is Cc1nn(CC2=NOC(C)C2)c(C)c1[N+](=O)[O-]. The van der Waals surface area contributed by atoms with Crippen molar-refractivity contribution in [1.29, 1.82) is 0 Å². The molecule has 0 saturated heterocycles. The molecule has 17 heavy (non-hydrogen) atoms. The van der Waals surface area contributed by atoms with Crippen LogP contribution in [-0.2, 0) is 11.4 Å². The Labute approximate surface area is 98.2 Å². The summed E-state index contributed by atoms with van der Waals surface area (Å²) in [5.41, 5.74) is 1.92. The molecular formula is C10H14N4O3. The van der Waals surface area contributed by atoms with E-state index in [0.717, 1.165) is 12.1 Å². The highest BCUT2D eigenvalue weighted by Crippen LogP contribution is 2.22. The molecule has 7 nitrogen and oxygen atoms in total. The van der Waals surface area contributed by atoms with Crippen LogP contribution in [0.4, 0.5) is 5.69 Å². The molecule has 1 aliphatic rings. The van der Waals surface area contributed by atoms with Crippen LogP contribution in [0.2, 0.25) is 0 Å². The number of aromatic nitrogens is 2. The van der Waals surface area contributed by atoms with E-state index in [1.54, 1.807) is 18.5 Å². The molecule has 0 aromatic carbocycles. The summed E-state index contributed by atoms with van der Waals surface area (Å²) >= 11 is 0. The molecule has 1 aliphatic heterocycles. The van der Waals surface area contributed by atoms with Gasteiger partial charge < -0.3 is 4.84 Å². The van der Waals surface area contributed by atoms with Crippen molar-refractivity contribution in [2.45, 2.75) is 39.8 Å². The van der Waals surface area contributed by atoms with Gasteiger partial charge in [-0.05, 0) is 20.8 Å². The van der Waals surface area contributed by atoms with E-state index in [-0.39, 0.29) is 11.8 Å². The third-order valence-electron chi connectivity index (χ3n) is 2.74. The van der Waals surface area contributed by atoms with Gasteiger partial charge in [-0.15, -0.1) is 0 Å². The van der Waals surface area contributed by atoms with E-state index in [0.29, 0.717) is 17.9 Å². The summed E-state index contributed by atoms with van der Waals surface area (Å²) < 4.78 is 1.60. The Hall–Kier alpha value is -1.92. The van der Waals surface area contributed by atoms with Gasteiger partial charge >= 0.3 is 5.69 Å². The monoisotopic (exact) mass is 238 g/mol. The molecular weight excluding hydrogens is 224 g/mol. The Balaban J connectivity index is 2.23. The first kappa shape index (κ1) is 11.6. The van der Waals surface area contributed by atoms with Crippen LogP contribution in [0.15, 0.2) is 5.16 Å².